The number of halogens is 5. The van der Waals surface area contributed by atoms with Crippen molar-refractivity contribution in [2.75, 3.05) is 0 Å². The fourth-order valence-electron chi connectivity index (χ4n) is 3.74. The highest BCUT2D eigenvalue weighted by Crippen LogP contribution is 2.56. The Morgan fingerprint density at radius 3 is 1.90 bits per heavy atom. The van der Waals surface area contributed by atoms with Crippen LogP contribution in [0.1, 0.15) is 11.1 Å². The van der Waals surface area contributed by atoms with Crippen LogP contribution in [0.4, 0.5) is 22.0 Å². The number of Topliss-reactive ketones (excluding diaryl/α,β-unsaturated/α-hetero) is 1. The van der Waals surface area contributed by atoms with E-state index in [0.717, 1.165) is 12.2 Å². The molecule has 0 unspecified atom stereocenters. The van der Waals surface area contributed by atoms with Crippen molar-refractivity contribution in [2.45, 2.75) is 24.2 Å². The molecule has 154 valence electrons. The zero-order valence-electron chi connectivity index (χ0n) is 14.9. The zero-order chi connectivity index (χ0) is 21.3. The van der Waals surface area contributed by atoms with E-state index < -0.39 is 41.1 Å². The molecule has 1 fully saturated rings. The summed E-state index contributed by atoms with van der Waals surface area (Å²) in [5.41, 5.74) is -1.23. The van der Waals surface area contributed by atoms with Crippen molar-refractivity contribution >= 4 is 17.9 Å². The first-order chi connectivity index (χ1) is 14.2. The molecule has 0 N–H and O–H groups in total. The fraction of sp³-hybridized carbons (Fsp3) is 0.190. The summed E-state index contributed by atoms with van der Waals surface area (Å²) in [4.78, 5) is 13.2. The van der Waals surface area contributed by atoms with E-state index in [2.05, 4.69) is 0 Å². The molecule has 0 bridgehead atoms. The minimum atomic E-state index is -5.37. The van der Waals surface area contributed by atoms with E-state index in [9.17, 15) is 26.7 Å². The van der Waals surface area contributed by atoms with Crippen LogP contribution in [-0.4, -0.2) is 30.0 Å². The molecule has 4 nitrogen and oxygen atoms in total. The van der Waals surface area contributed by atoms with Crippen molar-refractivity contribution < 1.29 is 41.0 Å². The first kappa shape index (κ1) is 18.8. The third kappa shape index (κ3) is 2.32. The van der Waals surface area contributed by atoms with E-state index in [1.54, 1.807) is 6.07 Å². The third-order valence-electron chi connectivity index (χ3n) is 5.13. The molecule has 5 rings (SSSR count). The highest BCUT2D eigenvalue weighted by atomic mass is 19.4. The highest BCUT2D eigenvalue weighted by molar-refractivity contribution is 6.17. The van der Waals surface area contributed by atoms with Crippen LogP contribution in [-0.2, 0) is 9.53 Å². The van der Waals surface area contributed by atoms with Crippen LogP contribution >= 0.6 is 0 Å². The lowest BCUT2D eigenvalue weighted by Gasteiger charge is -2.50. The highest BCUT2D eigenvalue weighted by Gasteiger charge is 2.74. The van der Waals surface area contributed by atoms with Crippen molar-refractivity contribution in [3.63, 3.8) is 0 Å². The Balaban J connectivity index is 1.79. The van der Waals surface area contributed by atoms with Crippen LogP contribution in [0.15, 0.2) is 59.7 Å². The van der Waals surface area contributed by atoms with E-state index in [1.807, 2.05) is 0 Å². The van der Waals surface area contributed by atoms with Crippen molar-refractivity contribution in [3.8, 4) is 11.5 Å². The number of hydrogen-bond donors (Lipinski definition) is 0. The SMILES string of the molecule is O=C1C2=Cc3ccccc3O[C@@]2(C(F)F)O[C@]2(C(F)(F)F)Oc3ccccc3C=C12. The summed E-state index contributed by atoms with van der Waals surface area (Å²) in [6, 6.07) is 11.4. The van der Waals surface area contributed by atoms with Gasteiger partial charge in [0.05, 0.1) is 11.1 Å². The summed E-state index contributed by atoms with van der Waals surface area (Å²) in [6.07, 6.45) is -6.97. The number of para-hydroxylation sites is 2. The summed E-state index contributed by atoms with van der Waals surface area (Å²) >= 11 is 0. The maximum absolute atomic E-state index is 14.3. The lowest BCUT2D eigenvalue weighted by molar-refractivity contribution is -0.401. The first-order valence-electron chi connectivity index (χ1n) is 8.78. The largest absolute Gasteiger partial charge is 0.460 e. The lowest BCUT2D eigenvalue weighted by atomic mass is 9.82. The van der Waals surface area contributed by atoms with Gasteiger partial charge in [-0.1, -0.05) is 36.4 Å². The Hall–Kier alpha value is -3.20. The zero-order valence-corrected chi connectivity index (χ0v) is 14.9. The number of carbonyl (C=O) groups excluding carboxylic acids is 1. The minimum Gasteiger partial charge on any atom is -0.451 e. The fourth-order valence-corrected chi connectivity index (χ4v) is 3.74. The monoisotopic (exact) mass is 422 g/mol. The molecular formula is C21H11F5O4. The Labute approximate surface area is 166 Å². The lowest BCUT2D eigenvalue weighted by Crippen LogP contribution is -2.69. The van der Waals surface area contributed by atoms with Crippen LogP contribution in [0, 0.1) is 0 Å². The number of ether oxygens (including phenoxy) is 3. The Morgan fingerprint density at radius 1 is 0.800 bits per heavy atom. The van der Waals surface area contributed by atoms with Gasteiger partial charge in [0.2, 0.25) is 0 Å². The van der Waals surface area contributed by atoms with Crippen molar-refractivity contribution in [1.29, 1.82) is 0 Å². The van der Waals surface area contributed by atoms with Gasteiger partial charge in [-0.15, -0.1) is 0 Å². The van der Waals surface area contributed by atoms with Gasteiger partial charge in [-0.05, 0) is 24.3 Å². The second-order valence-electron chi connectivity index (χ2n) is 6.91. The predicted octanol–water partition coefficient (Wildman–Crippen LogP) is 4.76. The normalized spacial score (nSPS) is 26.9. The van der Waals surface area contributed by atoms with Crippen LogP contribution in [0.3, 0.4) is 0 Å². The van der Waals surface area contributed by atoms with Gasteiger partial charge in [0.15, 0.2) is 5.78 Å². The number of hydrogen-bond acceptors (Lipinski definition) is 4. The molecule has 0 aromatic heterocycles. The summed E-state index contributed by atoms with van der Waals surface area (Å²) in [7, 11) is 0. The molecule has 3 aliphatic heterocycles. The van der Waals surface area contributed by atoms with Crippen LogP contribution in [0.5, 0.6) is 11.5 Å². The molecule has 0 saturated carbocycles. The van der Waals surface area contributed by atoms with Gasteiger partial charge in [-0.25, -0.2) is 8.78 Å². The smallest absolute Gasteiger partial charge is 0.451 e. The molecule has 0 aliphatic carbocycles. The number of fused-ring (bicyclic) bond motifs is 4. The van der Waals surface area contributed by atoms with E-state index in [4.69, 9.17) is 14.2 Å². The Bertz CT molecular complexity index is 1140. The Morgan fingerprint density at radius 2 is 1.33 bits per heavy atom. The number of rotatable bonds is 1. The van der Waals surface area contributed by atoms with Crippen molar-refractivity contribution in [1.82, 2.24) is 0 Å². The Kier molecular flexibility index (Phi) is 3.71. The van der Waals surface area contributed by atoms with Gasteiger partial charge in [-0.2, -0.15) is 13.2 Å². The van der Waals surface area contributed by atoms with E-state index in [0.29, 0.717) is 0 Å². The van der Waals surface area contributed by atoms with Gasteiger partial charge in [0.25, 0.3) is 0 Å². The number of ketones is 1. The van der Waals surface area contributed by atoms with Gasteiger partial charge >= 0.3 is 24.2 Å². The predicted molar refractivity (Wildman–Crippen MR) is 93.7 cm³/mol. The quantitative estimate of drug-likeness (QED) is 0.622. The molecular weight excluding hydrogens is 411 g/mol. The average Bonchev–Trinajstić information content (AvgIpc) is 2.70. The van der Waals surface area contributed by atoms with Crippen LogP contribution in [0.2, 0.25) is 0 Å². The molecule has 9 heteroatoms. The summed E-state index contributed by atoms with van der Waals surface area (Å²) in [5, 5.41) is 0. The van der Waals surface area contributed by atoms with Crippen LogP contribution < -0.4 is 9.47 Å². The van der Waals surface area contributed by atoms with E-state index in [1.165, 1.54) is 42.5 Å². The molecule has 0 spiro atoms. The molecule has 2 atom stereocenters. The maximum atomic E-state index is 14.3. The molecule has 1 saturated heterocycles. The van der Waals surface area contributed by atoms with Crippen molar-refractivity contribution in [2.24, 2.45) is 0 Å². The molecule has 3 heterocycles. The third-order valence-corrected chi connectivity index (χ3v) is 5.13. The summed E-state index contributed by atoms with van der Waals surface area (Å²) < 4.78 is 86.6. The molecule has 0 radical (unpaired) electrons. The summed E-state index contributed by atoms with van der Waals surface area (Å²) in [6.45, 7) is 0. The van der Waals surface area contributed by atoms with E-state index >= 15 is 0 Å². The topological polar surface area (TPSA) is 44.8 Å². The van der Waals surface area contributed by atoms with Gasteiger partial charge in [0.1, 0.15) is 11.5 Å². The second kappa shape index (κ2) is 5.91. The molecule has 0 amide bonds. The standard InChI is InChI=1S/C21H11F5O4/c22-18(23)19-13(9-11-5-1-3-7-15(11)28-19)17(27)14-10-12-6-2-4-8-16(12)29-20(14,30-19)21(24,25)26/h1-10,18H/t19-,20-/m1/s1. The first-order valence-corrected chi connectivity index (χ1v) is 8.78. The second-order valence-corrected chi connectivity index (χ2v) is 6.91. The van der Waals surface area contributed by atoms with Crippen molar-refractivity contribution in [3.05, 3.63) is 70.8 Å². The molecule has 30 heavy (non-hydrogen) atoms. The van der Waals surface area contributed by atoms with Gasteiger partial charge in [0, 0.05) is 11.1 Å². The minimum absolute atomic E-state index is 0.143. The maximum Gasteiger partial charge on any atom is 0.460 e. The molecule has 2 aromatic carbocycles. The molecule has 3 aliphatic rings. The summed E-state index contributed by atoms with van der Waals surface area (Å²) in [5.74, 6) is -8.74. The van der Waals surface area contributed by atoms with Crippen LogP contribution in [0.25, 0.3) is 12.2 Å². The van der Waals surface area contributed by atoms with E-state index in [-0.39, 0.29) is 22.6 Å². The average molecular weight is 422 g/mol. The number of benzene rings is 2. The molecule has 2 aromatic rings. The van der Waals surface area contributed by atoms with Gasteiger partial charge < -0.3 is 9.47 Å². The number of alkyl halides is 5. The van der Waals surface area contributed by atoms with Gasteiger partial charge in [-0.3, -0.25) is 9.53 Å². The number of carbonyl (C=O) groups is 1.